The molecule has 0 radical (unpaired) electrons. The van der Waals surface area contributed by atoms with Gasteiger partial charge in [0.2, 0.25) is 17.5 Å². The molecule has 2 heterocycles. The highest BCUT2D eigenvalue weighted by Gasteiger charge is 2.41. The van der Waals surface area contributed by atoms with E-state index in [0.29, 0.717) is 0 Å². The maximum absolute atomic E-state index is 13.1. The number of halogens is 3. The van der Waals surface area contributed by atoms with Crippen molar-refractivity contribution in [3.63, 3.8) is 0 Å². The monoisotopic (exact) mass is 332 g/mol. The first kappa shape index (κ1) is 16.6. The van der Waals surface area contributed by atoms with Crippen LogP contribution in [0.3, 0.4) is 0 Å². The molecule has 7 nitrogen and oxygen atoms in total. The smallest absolute Gasteiger partial charge is 0.426 e. The number of carbonyl (C=O) groups excluding carboxylic acids is 1. The van der Waals surface area contributed by atoms with Crippen molar-refractivity contribution in [3.8, 4) is 23.1 Å². The molecule has 10 heteroatoms. The van der Waals surface area contributed by atoms with Gasteiger partial charge in [-0.3, -0.25) is 0 Å². The van der Waals surface area contributed by atoms with Gasteiger partial charge in [-0.1, -0.05) is 0 Å². The Bertz CT molecular complexity index is 702. The Balaban J connectivity index is 2.57. The zero-order valence-corrected chi connectivity index (χ0v) is 12.2. The lowest BCUT2D eigenvalue weighted by atomic mass is 10.2. The third-order valence-corrected chi connectivity index (χ3v) is 2.76. The Kier molecular flexibility index (Phi) is 4.43. The van der Waals surface area contributed by atoms with Crippen molar-refractivity contribution >= 4 is 5.97 Å². The fraction of sp³-hybridized carbons (Fsp3) is 0.308. The molecule has 124 valence electrons. The third kappa shape index (κ3) is 3.20. The second-order valence-electron chi connectivity index (χ2n) is 4.13. The molecule has 2 aromatic heterocycles. The molecule has 0 aromatic carbocycles. The maximum atomic E-state index is 13.1. The fourth-order valence-electron chi connectivity index (χ4n) is 1.75. The van der Waals surface area contributed by atoms with E-state index in [1.807, 2.05) is 0 Å². The van der Waals surface area contributed by atoms with Crippen LogP contribution in [0.5, 0.6) is 11.8 Å². The summed E-state index contributed by atoms with van der Waals surface area (Å²) in [6.45, 7) is 0. The third-order valence-electron chi connectivity index (χ3n) is 2.76. The number of rotatable bonds is 4. The van der Waals surface area contributed by atoms with Crippen molar-refractivity contribution in [2.75, 3.05) is 21.3 Å². The van der Waals surface area contributed by atoms with Crippen LogP contribution in [0.2, 0.25) is 0 Å². The molecule has 0 amide bonds. The van der Waals surface area contributed by atoms with Crippen molar-refractivity contribution in [1.82, 2.24) is 9.97 Å². The van der Waals surface area contributed by atoms with E-state index in [1.54, 1.807) is 0 Å². The number of hydrogen-bond donors (Lipinski definition) is 0. The molecule has 2 aromatic rings. The van der Waals surface area contributed by atoms with Crippen LogP contribution in [0.15, 0.2) is 16.7 Å². The zero-order chi connectivity index (χ0) is 17.2. The Morgan fingerprint density at radius 2 is 1.70 bits per heavy atom. The van der Waals surface area contributed by atoms with Crippen LogP contribution in [0.4, 0.5) is 13.2 Å². The van der Waals surface area contributed by atoms with Gasteiger partial charge in [0.1, 0.15) is 6.26 Å². The Labute approximate surface area is 128 Å². The summed E-state index contributed by atoms with van der Waals surface area (Å²) < 4.78 is 57.9. The Morgan fingerprint density at radius 1 is 1.13 bits per heavy atom. The van der Waals surface area contributed by atoms with Gasteiger partial charge in [0.25, 0.3) is 0 Å². The summed E-state index contributed by atoms with van der Waals surface area (Å²) in [5, 5.41) is 0. The van der Waals surface area contributed by atoms with E-state index in [0.717, 1.165) is 27.6 Å². The minimum Gasteiger partial charge on any atom is -0.480 e. The van der Waals surface area contributed by atoms with Crippen LogP contribution < -0.4 is 9.47 Å². The number of hydrogen-bond acceptors (Lipinski definition) is 7. The van der Waals surface area contributed by atoms with Gasteiger partial charge in [-0.25, -0.2) is 4.79 Å². The highest BCUT2D eigenvalue weighted by atomic mass is 19.4. The minimum absolute atomic E-state index is 0.149. The normalized spacial score (nSPS) is 11.2. The second-order valence-corrected chi connectivity index (χ2v) is 4.13. The SMILES string of the molecule is COC(=O)c1cc(-c2nc(OC)c(C(F)(F)F)c(OC)n2)co1. The molecule has 0 saturated carbocycles. The summed E-state index contributed by atoms with van der Waals surface area (Å²) in [7, 11) is 3.23. The second kappa shape index (κ2) is 6.15. The molecule has 0 N–H and O–H groups in total. The molecule has 23 heavy (non-hydrogen) atoms. The molecule has 0 bridgehead atoms. The summed E-state index contributed by atoms with van der Waals surface area (Å²) in [6.07, 6.45) is -3.66. The predicted octanol–water partition coefficient (Wildman–Crippen LogP) is 2.56. The van der Waals surface area contributed by atoms with Gasteiger partial charge in [-0.05, 0) is 0 Å². The molecular weight excluding hydrogens is 321 g/mol. The number of alkyl halides is 3. The minimum atomic E-state index is -4.76. The molecule has 0 saturated heterocycles. The molecule has 0 aliphatic heterocycles. The lowest BCUT2D eigenvalue weighted by molar-refractivity contribution is -0.140. The van der Waals surface area contributed by atoms with Gasteiger partial charge in [0.15, 0.2) is 11.4 Å². The van der Waals surface area contributed by atoms with E-state index in [4.69, 9.17) is 4.42 Å². The van der Waals surface area contributed by atoms with Crippen molar-refractivity contribution in [2.45, 2.75) is 6.18 Å². The van der Waals surface area contributed by atoms with Crippen molar-refractivity contribution in [1.29, 1.82) is 0 Å². The number of esters is 1. The van der Waals surface area contributed by atoms with Crippen LogP contribution in [0.25, 0.3) is 11.4 Å². The van der Waals surface area contributed by atoms with Crippen LogP contribution in [0.1, 0.15) is 16.1 Å². The Hall–Kier alpha value is -2.78. The van der Waals surface area contributed by atoms with Gasteiger partial charge in [-0.2, -0.15) is 23.1 Å². The maximum Gasteiger partial charge on any atom is 0.426 e. The van der Waals surface area contributed by atoms with Gasteiger partial charge >= 0.3 is 12.1 Å². The highest BCUT2D eigenvalue weighted by molar-refractivity contribution is 5.87. The number of methoxy groups -OCH3 is 3. The van der Waals surface area contributed by atoms with Crippen molar-refractivity contribution in [2.24, 2.45) is 0 Å². The van der Waals surface area contributed by atoms with E-state index in [2.05, 4.69) is 24.2 Å². The average molecular weight is 332 g/mol. The van der Waals surface area contributed by atoms with Gasteiger partial charge < -0.3 is 18.6 Å². The molecule has 0 spiro atoms. The molecule has 0 fully saturated rings. The number of aromatic nitrogens is 2. The summed E-state index contributed by atoms with van der Waals surface area (Å²) >= 11 is 0. The topological polar surface area (TPSA) is 83.7 Å². The first-order valence-electron chi connectivity index (χ1n) is 6.06. The first-order valence-corrected chi connectivity index (χ1v) is 6.06. The number of furan rings is 1. The van der Waals surface area contributed by atoms with E-state index in [-0.39, 0.29) is 17.1 Å². The van der Waals surface area contributed by atoms with Gasteiger partial charge in [0, 0.05) is 6.07 Å². The number of carbonyl (C=O) groups is 1. The Morgan fingerprint density at radius 3 is 2.13 bits per heavy atom. The van der Waals surface area contributed by atoms with Crippen LogP contribution >= 0.6 is 0 Å². The standard InChI is InChI=1S/C13H11F3N2O5/c1-20-10-8(13(14,15)16)11(21-2)18-9(17-10)6-4-7(23-5-6)12(19)22-3/h4-5H,1-3H3. The summed E-state index contributed by atoms with van der Waals surface area (Å²) in [5.74, 6) is -2.48. The fourth-order valence-corrected chi connectivity index (χ4v) is 1.75. The van der Waals surface area contributed by atoms with Gasteiger partial charge in [0.05, 0.1) is 26.9 Å². The quantitative estimate of drug-likeness (QED) is 0.796. The van der Waals surface area contributed by atoms with E-state index in [9.17, 15) is 18.0 Å². The van der Waals surface area contributed by atoms with E-state index >= 15 is 0 Å². The largest absolute Gasteiger partial charge is 0.480 e. The molecular formula is C13H11F3N2O5. The number of nitrogens with zero attached hydrogens (tertiary/aromatic N) is 2. The molecule has 0 aliphatic carbocycles. The molecule has 0 aliphatic rings. The van der Waals surface area contributed by atoms with Crippen LogP contribution in [-0.2, 0) is 10.9 Å². The zero-order valence-electron chi connectivity index (χ0n) is 12.2. The molecule has 2 rings (SSSR count). The lowest BCUT2D eigenvalue weighted by Crippen LogP contribution is -2.13. The van der Waals surface area contributed by atoms with Crippen LogP contribution in [-0.4, -0.2) is 37.3 Å². The predicted molar refractivity (Wildman–Crippen MR) is 69.2 cm³/mol. The molecule has 0 unspecified atom stereocenters. The van der Waals surface area contributed by atoms with Crippen molar-refractivity contribution < 1.29 is 36.6 Å². The summed E-state index contributed by atoms with van der Waals surface area (Å²) in [4.78, 5) is 18.7. The lowest BCUT2D eigenvalue weighted by Gasteiger charge is -2.14. The van der Waals surface area contributed by atoms with E-state index in [1.165, 1.54) is 6.07 Å². The average Bonchev–Trinajstić information content (AvgIpc) is 3.01. The first-order chi connectivity index (χ1) is 10.8. The van der Waals surface area contributed by atoms with Crippen molar-refractivity contribution in [3.05, 3.63) is 23.7 Å². The number of ether oxygens (including phenoxy) is 3. The molecule has 0 atom stereocenters. The van der Waals surface area contributed by atoms with Crippen LogP contribution in [0, 0.1) is 0 Å². The van der Waals surface area contributed by atoms with E-state index < -0.39 is 29.5 Å². The summed E-state index contributed by atoms with van der Waals surface area (Å²) in [6, 6.07) is 1.23. The van der Waals surface area contributed by atoms with Gasteiger partial charge in [-0.15, -0.1) is 0 Å². The summed E-state index contributed by atoms with van der Waals surface area (Å²) in [5.41, 5.74) is -1.07. The highest BCUT2D eigenvalue weighted by Crippen LogP contribution is 2.41.